The summed E-state index contributed by atoms with van der Waals surface area (Å²) in [4.78, 5) is 4.21. The molecule has 0 bridgehead atoms. The van der Waals surface area contributed by atoms with Crippen LogP contribution >= 0.6 is 0 Å². The minimum absolute atomic E-state index is 0.0407. The summed E-state index contributed by atoms with van der Waals surface area (Å²) >= 11 is 0. The maximum atomic E-state index is 10.1. The molecule has 2 atom stereocenters. The third kappa shape index (κ3) is 3.04. The highest BCUT2D eigenvalue weighted by Gasteiger charge is 2.24. The number of aromatic nitrogens is 3. The van der Waals surface area contributed by atoms with Crippen LogP contribution in [-0.2, 0) is 11.2 Å². The zero-order valence-corrected chi connectivity index (χ0v) is 10.5. The van der Waals surface area contributed by atoms with Gasteiger partial charge >= 0.3 is 0 Å². The van der Waals surface area contributed by atoms with Crippen molar-refractivity contribution < 1.29 is 9.84 Å². The van der Waals surface area contributed by atoms with Gasteiger partial charge in [-0.3, -0.25) is 0 Å². The average Bonchev–Trinajstić information content (AvgIpc) is 2.78. The number of ether oxygens (including phenoxy) is 1. The summed E-state index contributed by atoms with van der Waals surface area (Å²) in [7, 11) is 0. The van der Waals surface area contributed by atoms with Gasteiger partial charge in [-0.2, -0.15) is 5.10 Å². The molecule has 0 aliphatic carbocycles. The van der Waals surface area contributed by atoms with Gasteiger partial charge in [-0.15, -0.1) is 0 Å². The van der Waals surface area contributed by atoms with Crippen molar-refractivity contribution in [3.63, 3.8) is 0 Å². The zero-order valence-electron chi connectivity index (χ0n) is 10.5. The summed E-state index contributed by atoms with van der Waals surface area (Å²) in [6.07, 6.45) is 4.73. The van der Waals surface area contributed by atoms with Gasteiger partial charge in [-0.25, -0.2) is 9.67 Å². The van der Waals surface area contributed by atoms with Crippen LogP contribution in [0.3, 0.4) is 0 Å². The monoisotopic (exact) mass is 239 g/mol. The van der Waals surface area contributed by atoms with E-state index < -0.39 is 6.10 Å². The Morgan fingerprint density at radius 2 is 2.35 bits per heavy atom. The van der Waals surface area contributed by atoms with E-state index in [1.54, 1.807) is 6.33 Å². The van der Waals surface area contributed by atoms with E-state index in [1.165, 1.54) is 0 Å². The van der Waals surface area contributed by atoms with Crippen LogP contribution in [0.2, 0.25) is 0 Å². The molecule has 1 aliphatic heterocycles. The van der Waals surface area contributed by atoms with Crippen LogP contribution in [-0.4, -0.2) is 38.7 Å². The largest absolute Gasteiger partial charge is 0.390 e. The molecule has 2 rings (SSSR count). The van der Waals surface area contributed by atoms with Crippen LogP contribution in [0.25, 0.3) is 0 Å². The summed E-state index contributed by atoms with van der Waals surface area (Å²) in [6.45, 7) is 4.88. The molecule has 5 heteroatoms. The zero-order chi connectivity index (χ0) is 12.3. The predicted octanol–water partition coefficient (Wildman–Crippen LogP) is 1.33. The Hall–Kier alpha value is -0.940. The van der Waals surface area contributed by atoms with Crippen LogP contribution < -0.4 is 0 Å². The molecule has 0 radical (unpaired) electrons. The van der Waals surface area contributed by atoms with E-state index in [1.807, 2.05) is 4.68 Å². The number of rotatable bonds is 4. The van der Waals surface area contributed by atoms with E-state index in [-0.39, 0.29) is 12.1 Å². The van der Waals surface area contributed by atoms with E-state index in [0.29, 0.717) is 6.42 Å². The van der Waals surface area contributed by atoms with Gasteiger partial charge in [-0.05, 0) is 33.1 Å². The Morgan fingerprint density at radius 1 is 1.53 bits per heavy atom. The minimum atomic E-state index is -0.475. The van der Waals surface area contributed by atoms with Crippen molar-refractivity contribution in [1.82, 2.24) is 14.8 Å². The summed E-state index contributed by atoms with van der Waals surface area (Å²) < 4.78 is 7.43. The average molecular weight is 239 g/mol. The molecule has 0 aromatic carbocycles. The van der Waals surface area contributed by atoms with Crippen LogP contribution in [0.5, 0.6) is 0 Å². The van der Waals surface area contributed by atoms with Crippen molar-refractivity contribution in [3.05, 3.63) is 12.2 Å². The third-order valence-corrected chi connectivity index (χ3v) is 3.17. The maximum absolute atomic E-state index is 10.1. The smallest absolute Gasteiger partial charge is 0.138 e. The fourth-order valence-electron chi connectivity index (χ4n) is 2.24. The molecule has 1 aromatic heterocycles. The Labute approximate surface area is 102 Å². The van der Waals surface area contributed by atoms with Gasteiger partial charge in [-0.1, -0.05) is 0 Å². The van der Waals surface area contributed by atoms with Gasteiger partial charge in [0.2, 0.25) is 0 Å². The molecule has 17 heavy (non-hydrogen) atoms. The highest BCUT2D eigenvalue weighted by Crippen LogP contribution is 2.18. The molecule has 2 unspecified atom stereocenters. The van der Waals surface area contributed by atoms with E-state index in [4.69, 9.17) is 4.74 Å². The lowest BCUT2D eigenvalue weighted by Crippen LogP contribution is -2.34. The first-order valence-corrected chi connectivity index (χ1v) is 6.36. The van der Waals surface area contributed by atoms with Crippen molar-refractivity contribution in [1.29, 1.82) is 0 Å². The highest BCUT2D eigenvalue weighted by molar-refractivity contribution is 4.91. The highest BCUT2D eigenvalue weighted by atomic mass is 16.5. The summed E-state index contributed by atoms with van der Waals surface area (Å²) in [6, 6.07) is 0.270. The number of aliphatic hydroxyl groups excluding tert-OH is 1. The summed E-state index contributed by atoms with van der Waals surface area (Å²) in [5.74, 6) is 0.835. The van der Waals surface area contributed by atoms with Gasteiger partial charge in [0.15, 0.2) is 0 Å². The lowest BCUT2D eigenvalue weighted by Gasteiger charge is -2.27. The molecule has 0 spiro atoms. The van der Waals surface area contributed by atoms with Crippen molar-refractivity contribution in [2.24, 2.45) is 0 Å². The minimum Gasteiger partial charge on any atom is -0.390 e. The van der Waals surface area contributed by atoms with Crippen molar-refractivity contribution in [2.45, 2.75) is 57.8 Å². The van der Waals surface area contributed by atoms with E-state index in [2.05, 4.69) is 23.9 Å². The number of hydrogen-bond acceptors (Lipinski definition) is 4. The van der Waals surface area contributed by atoms with Crippen LogP contribution in [0.1, 0.15) is 45.0 Å². The lowest BCUT2D eigenvalue weighted by molar-refractivity contribution is -0.0620. The molecule has 1 N–H and O–H groups in total. The molecule has 1 saturated heterocycles. The number of hydrogen-bond donors (Lipinski definition) is 1. The normalized spacial score (nSPS) is 22.9. The fraction of sp³-hybridized carbons (Fsp3) is 0.833. The lowest BCUT2D eigenvalue weighted by atomic mass is 10.0. The van der Waals surface area contributed by atoms with Crippen molar-refractivity contribution in [3.8, 4) is 0 Å². The first kappa shape index (κ1) is 12.5. The first-order valence-electron chi connectivity index (χ1n) is 6.36. The maximum Gasteiger partial charge on any atom is 0.138 e. The van der Waals surface area contributed by atoms with Crippen LogP contribution in [0.15, 0.2) is 6.33 Å². The Bertz CT molecular complexity index is 345. The van der Waals surface area contributed by atoms with Gasteiger partial charge in [0.05, 0.1) is 12.2 Å². The van der Waals surface area contributed by atoms with Gasteiger partial charge in [0.1, 0.15) is 12.2 Å². The van der Waals surface area contributed by atoms with Gasteiger partial charge in [0.25, 0.3) is 0 Å². The predicted molar refractivity (Wildman–Crippen MR) is 63.7 cm³/mol. The third-order valence-electron chi connectivity index (χ3n) is 3.17. The van der Waals surface area contributed by atoms with E-state index in [9.17, 15) is 5.11 Å². The second kappa shape index (κ2) is 5.60. The molecule has 0 saturated carbocycles. The molecule has 96 valence electrons. The Balaban J connectivity index is 1.97. The molecular formula is C12H21N3O2. The van der Waals surface area contributed by atoms with Gasteiger partial charge in [0, 0.05) is 19.1 Å². The number of aliphatic hydroxyl groups is 1. The van der Waals surface area contributed by atoms with E-state index >= 15 is 0 Å². The van der Waals surface area contributed by atoms with E-state index in [0.717, 1.165) is 31.7 Å². The molecular weight excluding hydrogens is 218 g/mol. The summed E-state index contributed by atoms with van der Waals surface area (Å²) in [5, 5.41) is 14.3. The Kier molecular flexibility index (Phi) is 4.12. The molecule has 1 aromatic rings. The van der Waals surface area contributed by atoms with Crippen LogP contribution in [0.4, 0.5) is 0 Å². The topological polar surface area (TPSA) is 60.2 Å². The second-order valence-electron chi connectivity index (χ2n) is 4.89. The SMILES string of the molecule is CC(C)n1ncnc1CC(O)C1CCCCO1. The van der Waals surface area contributed by atoms with Gasteiger partial charge < -0.3 is 9.84 Å². The molecule has 2 heterocycles. The summed E-state index contributed by atoms with van der Waals surface area (Å²) in [5.41, 5.74) is 0. The van der Waals surface area contributed by atoms with Crippen molar-refractivity contribution >= 4 is 0 Å². The quantitative estimate of drug-likeness (QED) is 0.861. The fourth-order valence-corrected chi connectivity index (χ4v) is 2.24. The number of nitrogens with zero attached hydrogens (tertiary/aromatic N) is 3. The standard InChI is InChI=1S/C12H21N3O2/c1-9(2)15-12(13-8-14-15)7-10(16)11-5-3-4-6-17-11/h8-11,16H,3-7H2,1-2H3. The molecule has 1 aliphatic rings. The second-order valence-corrected chi connectivity index (χ2v) is 4.89. The molecule has 5 nitrogen and oxygen atoms in total. The van der Waals surface area contributed by atoms with Crippen molar-refractivity contribution in [2.75, 3.05) is 6.61 Å². The first-order chi connectivity index (χ1) is 8.18. The Morgan fingerprint density at radius 3 is 3.00 bits per heavy atom. The van der Waals surface area contributed by atoms with Crippen LogP contribution in [0, 0.1) is 0 Å². The molecule has 1 fully saturated rings. The molecule has 0 amide bonds.